The van der Waals surface area contributed by atoms with Crippen LogP contribution in [0.5, 0.6) is 0 Å². The molecule has 2 saturated heterocycles. The molecule has 0 bridgehead atoms. The summed E-state index contributed by atoms with van der Waals surface area (Å²) >= 11 is 0. The van der Waals surface area contributed by atoms with Crippen LogP contribution in [0.2, 0.25) is 0 Å². The average Bonchev–Trinajstić information content (AvgIpc) is 3.32. The van der Waals surface area contributed by atoms with Crippen LogP contribution < -0.4 is 0 Å². The number of unbranched alkanes of at least 4 members (excludes halogenated alkanes) is 1. The number of hydrogen-bond donors (Lipinski definition) is 2. The molecule has 136 valence electrons. The number of carboxylic acid groups (broad SMARTS) is 1. The van der Waals surface area contributed by atoms with Gasteiger partial charge < -0.3 is 20.0 Å². The topological polar surface area (TPSA) is 84.3 Å². The first-order valence-corrected chi connectivity index (χ1v) is 9.12. The van der Waals surface area contributed by atoms with Crippen molar-refractivity contribution in [3.05, 3.63) is 0 Å². The Kier molecular flexibility index (Phi) is 5.01. The van der Waals surface area contributed by atoms with Crippen molar-refractivity contribution >= 4 is 12.0 Å². The molecule has 7 heteroatoms. The van der Waals surface area contributed by atoms with Crippen LogP contribution in [0.3, 0.4) is 0 Å². The van der Waals surface area contributed by atoms with Gasteiger partial charge in [-0.3, -0.25) is 9.69 Å². The summed E-state index contributed by atoms with van der Waals surface area (Å²) in [4.78, 5) is 28.6. The molecule has 3 rings (SSSR count). The van der Waals surface area contributed by atoms with Gasteiger partial charge in [0.1, 0.15) is 6.04 Å². The lowest BCUT2D eigenvalue weighted by atomic mass is 9.90. The molecule has 3 fully saturated rings. The van der Waals surface area contributed by atoms with E-state index in [1.807, 2.05) is 0 Å². The number of hydrogen-bond acceptors (Lipinski definition) is 4. The van der Waals surface area contributed by atoms with E-state index in [2.05, 4.69) is 4.90 Å². The average molecular weight is 339 g/mol. The quantitative estimate of drug-likeness (QED) is 0.725. The van der Waals surface area contributed by atoms with Crippen molar-refractivity contribution < 1.29 is 19.8 Å². The molecular weight excluding hydrogens is 310 g/mol. The second-order valence-electron chi connectivity index (χ2n) is 7.61. The Balaban J connectivity index is 1.35. The summed E-state index contributed by atoms with van der Waals surface area (Å²) in [5.41, 5.74) is 0.253. The number of nitrogens with zero attached hydrogens (tertiary/aromatic N) is 3. The molecule has 2 heterocycles. The van der Waals surface area contributed by atoms with E-state index in [-0.39, 0.29) is 17.4 Å². The van der Waals surface area contributed by atoms with Gasteiger partial charge in [-0.1, -0.05) is 0 Å². The maximum atomic E-state index is 12.2. The highest BCUT2D eigenvalue weighted by Crippen LogP contribution is 2.53. The van der Waals surface area contributed by atoms with Gasteiger partial charge in [0.15, 0.2) is 0 Å². The van der Waals surface area contributed by atoms with E-state index in [4.69, 9.17) is 5.11 Å². The summed E-state index contributed by atoms with van der Waals surface area (Å²) in [6.07, 6.45) is 4.21. The van der Waals surface area contributed by atoms with Crippen molar-refractivity contribution in [2.75, 3.05) is 39.3 Å². The summed E-state index contributed by atoms with van der Waals surface area (Å²) in [7, 11) is 0. The molecule has 1 saturated carbocycles. The summed E-state index contributed by atoms with van der Waals surface area (Å²) < 4.78 is 0. The molecule has 0 aromatic rings. The van der Waals surface area contributed by atoms with Gasteiger partial charge in [0.05, 0.1) is 6.10 Å². The highest BCUT2D eigenvalue weighted by atomic mass is 16.4. The number of carbonyl (C=O) groups excluding carboxylic acids is 1. The highest BCUT2D eigenvalue weighted by molar-refractivity contribution is 5.86. The SMILES string of the molecule is C[C@H]1C(=O)N(CCCCN2CCC3(CC3)[C@H](O)C2)CCN1C(=O)O. The second-order valence-corrected chi connectivity index (χ2v) is 7.61. The van der Waals surface area contributed by atoms with Crippen LogP contribution >= 0.6 is 0 Å². The third kappa shape index (κ3) is 3.52. The molecule has 7 nitrogen and oxygen atoms in total. The van der Waals surface area contributed by atoms with Crippen molar-refractivity contribution in [1.29, 1.82) is 0 Å². The fourth-order valence-electron chi connectivity index (χ4n) is 4.07. The molecule has 2 atom stereocenters. The number of β-amino-alcohol motifs (C(OH)–C–C–N with tert-alkyl or cyclic N) is 1. The maximum Gasteiger partial charge on any atom is 0.408 e. The molecule has 1 spiro atoms. The van der Waals surface area contributed by atoms with Crippen molar-refractivity contribution in [1.82, 2.24) is 14.7 Å². The van der Waals surface area contributed by atoms with Crippen LogP contribution in [-0.2, 0) is 4.79 Å². The number of rotatable bonds is 5. The van der Waals surface area contributed by atoms with Gasteiger partial charge in [-0.15, -0.1) is 0 Å². The largest absolute Gasteiger partial charge is 0.465 e. The molecule has 0 unspecified atom stereocenters. The van der Waals surface area contributed by atoms with E-state index in [9.17, 15) is 14.7 Å². The highest BCUT2D eigenvalue weighted by Gasteiger charge is 2.50. The summed E-state index contributed by atoms with van der Waals surface area (Å²) in [5, 5.41) is 19.3. The minimum atomic E-state index is -1.02. The van der Waals surface area contributed by atoms with Gasteiger partial charge in [0.25, 0.3) is 0 Å². The predicted octanol–water partition coefficient (Wildman–Crippen LogP) is 0.824. The fraction of sp³-hybridized carbons (Fsp3) is 0.882. The van der Waals surface area contributed by atoms with E-state index in [1.54, 1.807) is 11.8 Å². The Hall–Kier alpha value is -1.34. The molecule has 0 radical (unpaired) electrons. The van der Waals surface area contributed by atoms with E-state index in [0.29, 0.717) is 19.6 Å². The molecule has 1 aliphatic carbocycles. The molecule has 2 aliphatic heterocycles. The Morgan fingerprint density at radius 1 is 1.17 bits per heavy atom. The number of piperazine rings is 1. The van der Waals surface area contributed by atoms with Crippen LogP contribution in [0, 0.1) is 5.41 Å². The zero-order chi connectivity index (χ0) is 17.3. The van der Waals surface area contributed by atoms with Crippen molar-refractivity contribution in [3.8, 4) is 0 Å². The van der Waals surface area contributed by atoms with Crippen LogP contribution in [0.15, 0.2) is 0 Å². The van der Waals surface area contributed by atoms with E-state index < -0.39 is 12.1 Å². The monoisotopic (exact) mass is 339 g/mol. The number of carbonyl (C=O) groups is 2. The van der Waals surface area contributed by atoms with E-state index in [1.165, 1.54) is 17.7 Å². The Morgan fingerprint density at radius 2 is 1.88 bits per heavy atom. The molecule has 0 aromatic heterocycles. The standard InChI is InChI=1S/C17H29N3O4/c1-13-15(22)19(10-11-20(13)16(23)24)8-3-2-7-18-9-6-17(4-5-17)14(21)12-18/h13-14,21H,2-12H2,1H3,(H,23,24)/t13-,14+/m0/s1. The lowest BCUT2D eigenvalue weighted by Gasteiger charge is -2.38. The number of amides is 2. The number of piperidine rings is 1. The Morgan fingerprint density at radius 3 is 2.50 bits per heavy atom. The van der Waals surface area contributed by atoms with Gasteiger partial charge >= 0.3 is 6.09 Å². The van der Waals surface area contributed by atoms with Crippen LogP contribution in [0.25, 0.3) is 0 Å². The van der Waals surface area contributed by atoms with Gasteiger partial charge in [-0.2, -0.15) is 0 Å². The van der Waals surface area contributed by atoms with Crippen LogP contribution in [-0.4, -0.2) is 88.3 Å². The van der Waals surface area contributed by atoms with Crippen LogP contribution in [0.4, 0.5) is 4.79 Å². The first-order chi connectivity index (χ1) is 11.4. The third-order valence-electron chi connectivity index (χ3n) is 6.10. The minimum absolute atomic E-state index is 0.0901. The second kappa shape index (κ2) is 6.88. The summed E-state index contributed by atoms with van der Waals surface area (Å²) in [6.45, 7) is 6.05. The predicted molar refractivity (Wildman–Crippen MR) is 88.7 cm³/mol. The lowest BCUT2D eigenvalue weighted by Crippen LogP contribution is -2.57. The van der Waals surface area contributed by atoms with Crippen molar-refractivity contribution in [2.24, 2.45) is 5.41 Å². The molecule has 2 amide bonds. The fourth-order valence-corrected chi connectivity index (χ4v) is 4.07. The normalized spacial score (nSPS) is 30.0. The number of aliphatic hydroxyl groups is 1. The summed E-state index contributed by atoms with van der Waals surface area (Å²) in [6, 6.07) is -0.580. The molecule has 3 aliphatic rings. The number of likely N-dealkylation sites (tertiary alicyclic amines) is 1. The van der Waals surface area contributed by atoms with Crippen molar-refractivity contribution in [2.45, 2.75) is 51.2 Å². The third-order valence-corrected chi connectivity index (χ3v) is 6.10. The minimum Gasteiger partial charge on any atom is -0.465 e. The van der Waals surface area contributed by atoms with Gasteiger partial charge in [0, 0.05) is 26.2 Å². The Labute approximate surface area is 143 Å². The molecule has 2 N–H and O–H groups in total. The number of aliphatic hydroxyl groups excluding tert-OH is 1. The lowest BCUT2D eigenvalue weighted by molar-refractivity contribution is -0.139. The van der Waals surface area contributed by atoms with E-state index >= 15 is 0 Å². The first kappa shape index (κ1) is 17.5. The first-order valence-electron chi connectivity index (χ1n) is 9.12. The molecule has 24 heavy (non-hydrogen) atoms. The molecule has 0 aromatic carbocycles. The van der Waals surface area contributed by atoms with Gasteiger partial charge in [-0.25, -0.2) is 4.79 Å². The Bertz CT molecular complexity index is 494. The van der Waals surface area contributed by atoms with Crippen LogP contribution in [0.1, 0.15) is 39.0 Å². The molecular formula is C17H29N3O4. The zero-order valence-corrected chi connectivity index (χ0v) is 14.5. The maximum absolute atomic E-state index is 12.2. The smallest absolute Gasteiger partial charge is 0.408 e. The van der Waals surface area contributed by atoms with Gasteiger partial charge in [-0.05, 0) is 57.5 Å². The zero-order valence-electron chi connectivity index (χ0n) is 14.5. The van der Waals surface area contributed by atoms with E-state index in [0.717, 1.165) is 38.9 Å². The summed E-state index contributed by atoms with van der Waals surface area (Å²) in [5.74, 6) is -0.0901. The van der Waals surface area contributed by atoms with Crippen molar-refractivity contribution in [3.63, 3.8) is 0 Å². The van der Waals surface area contributed by atoms with Gasteiger partial charge in [0.2, 0.25) is 5.91 Å².